The Morgan fingerprint density at radius 2 is 2.14 bits per heavy atom. The molecule has 0 unspecified atom stereocenters. The van der Waals surface area contributed by atoms with Crippen molar-refractivity contribution in [1.29, 1.82) is 0 Å². The van der Waals surface area contributed by atoms with Crippen molar-refractivity contribution in [3.63, 3.8) is 0 Å². The Kier molecular flexibility index (Phi) is 6.26. The van der Waals surface area contributed by atoms with E-state index in [1.165, 1.54) is 0 Å². The molecular weight excluding hydrogens is 108 g/mol. The highest BCUT2D eigenvalue weighted by Gasteiger charge is 1.78. The lowest BCUT2D eigenvalue weighted by atomic mass is 10.8. The molecule has 0 heterocycles. The van der Waals surface area contributed by atoms with Crippen LogP contribution in [0.25, 0.3) is 0 Å². The third-order valence-corrected chi connectivity index (χ3v) is 0.738. The minimum Gasteiger partial charge on any atom is -0.416 e. The van der Waals surface area contributed by atoms with Crippen LogP contribution in [0.15, 0.2) is 0 Å². The Balaban J connectivity index is 2.45. The summed E-state index contributed by atoms with van der Waals surface area (Å²) in [6.07, 6.45) is 0. The van der Waals surface area contributed by atoms with Gasteiger partial charge in [-0.15, -0.1) is 0 Å². The topological polar surface area (TPSA) is 18.5 Å². The lowest BCUT2D eigenvalue weighted by molar-refractivity contribution is 0.114. The molecule has 0 aliphatic rings. The van der Waals surface area contributed by atoms with Crippen LogP contribution >= 0.6 is 0 Å². The molecule has 0 rings (SSSR count). The predicted molar refractivity (Wildman–Crippen MR) is 28.2 cm³/mol. The van der Waals surface area contributed by atoms with Crippen LogP contribution in [0.3, 0.4) is 0 Å². The monoisotopic (exact) mass is 117 g/mol. The van der Waals surface area contributed by atoms with Gasteiger partial charge in [-0.25, -0.2) is 0 Å². The Morgan fingerprint density at radius 3 is 2.57 bits per heavy atom. The summed E-state index contributed by atoms with van der Waals surface area (Å²) in [7, 11) is 2.84. The van der Waals surface area contributed by atoms with E-state index in [1.54, 1.807) is 0 Å². The van der Waals surface area contributed by atoms with E-state index >= 15 is 0 Å². The summed E-state index contributed by atoms with van der Waals surface area (Å²) in [6.45, 7) is 3.99. The fourth-order valence-corrected chi connectivity index (χ4v) is 0.328. The predicted octanol–water partition coefficient (Wildman–Crippen LogP) is 0.123. The number of ether oxygens (including phenoxy) is 1. The molecule has 0 aliphatic heterocycles. The van der Waals surface area contributed by atoms with Crippen LogP contribution in [0, 0.1) is 0 Å². The van der Waals surface area contributed by atoms with E-state index in [2.05, 4.69) is 14.9 Å². The Labute approximate surface area is 47.4 Å². The summed E-state index contributed by atoms with van der Waals surface area (Å²) in [5, 5.41) is 0. The molecule has 0 N–H and O–H groups in total. The van der Waals surface area contributed by atoms with Crippen molar-refractivity contribution < 1.29 is 9.16 Å². The minimum atomic E-state index is 0.616. The Bertz CT molecular complexity index is 28.9. The lowest BCUT2D eigenvalue weighted by Crippen LogP contribution is -2.00. The molecule has 0 fully saturated rings. The highest BCUT2D eigenvalue weighted by Crippen LogP contribution is 1.71. The fourth-order valence-electron chi connectivity index (χ4n) is 0.245. The molecule has 0 aromatic carbocycles. The molecule has 2 nitrogen and oxygen atoms in total. The van der Waals surface area contributed by atoms with Crippen LogP contribution in [0.5, 0.6) is 0 Å². The maximum absolute atomic E-state index is 4.92. The molecule has 3 radical (unpaired) electrons. The summed E-state index contributed by atoms with van der Waals surface area (Å²) >= 11 is 0. The summed E-state index contributed by atoms with van der Waals surface area (Å²) in [5.41, 5.74) is 0. The molecule has 0 aliphatic carbocycles. The lowest BCUT2D eigenvalue weighted by Gasteiger charge is -1.96. The Hall–Kier alpha value is 0.137. The first kappa shape index (κ1) is 7.14. The molecule has 41 valence electrons. The molecule has 0 bridgehead atoms. The number of hydrogen-bond donors (Lipinski definition) is 0. The van der Waals surface area contributed by atoms with E-state index in [1.807, 2.05) is 6.92 Å². The van der Waals surface area contributed by atoms with Gasteiger partial charge < -0.3 is 9.16 Å². The van der Waals surface area contributed by atoms with Crippen molar-refractivity contribution in [2.75, 3.05) is 19.8 Å². The molecule has 0 saturated carbocycles. The average molecular weight is 117 g/mol. The van der Waals surface area contributed by atoms with Crippen molar-refractivity contribution in [2.45, 2.75) is 6.92 Å². The standard InChI is InChI=1S/C4H9O2Si/c1-2-5-3-4-6-7/h2-4H2,1H3. The number of hydrogen-bond acceptors (Lipinski definition) is 2. The molecule has 0 amide bonds. The van der Waals surface area contributed by atoms with Gasteiger partial charge in [-0.3, -0.25) is 0 Å². The molecule has 7 heavy (non-hydrogen) atoms. The van der Waals surface area contributed by atoms with Gasteiger partial charge in [-0.2, -0.15) is 0 Å². The Morgan fingerprint density at radius 1 is 1.43 bits per heavy atom. The van der Waals surface area contributed by atoms with E-state index in [0.29, 0.717) is 13.2 Å². The van der Waals surface area contributed by atoms with E-state index in [4.69, 9.17) is 4.74 Å². The van der Waals surface area contributed by atoms with Gasteiger partial charge in [-0.05, 0) is 6.92 Å². The van der Waals surface area contributed by atoms with Gasteiger partial charge in [0.25, 0.3) is 0 Å². The van der Waals surface area contributed by atoms with E-state index in [-0.39, 0.29) is 0 Å². The minimum absolute atomic E-state index is 0.616. The second-order valence-corrected chi connectivity index (χ2v) is 1.33. The first-order chi connectivity index (χ1) is 3.41. The third-order valence-electron chi connectivity index (χ3n) is 0.534. The largest absolute Gasteiger partial charge is 0.416 e. The summed E-state index contributed by atoms with van der Waals surface area (Å²) in [4.78, 5) is 0. The van der Waals surface area contributed by atoms with Crippen molar-refractivity contribution in [2.24, 2.45) is 0 Å². The zero-order valence-corrected chi connectivity index (χ0v) is 5.44. The van der Waals surface area contributed by atoms with Crippen molar-refractivity contribution in [3.8, 4) is 0 Å². The second-order valence-electron chi connectivity index (χ2n) is 1.05. The highest BCUT2D eigenvalue weighted by molar-refractivity contribution is 5.97. The van der Waals surface area contributed by atoms with Crippen LogP contribution in [-0.4, -0.2) is 30.3 Å². The maximum Gasteiger partial charge on any atom is 0.246 e. The molecule has 0 aromatic heterocycles. The number of rotatable bonds is 4. The molecule has 3 heteroatoms. The summed E-state index contributed by atoms with van der Waals surface area (Å²) in [6, 6.07) is 0. The van der Waals surface area contributed by atoms with E-state index in [9.17, 15) is 0 Å². The first-order valence-corrected chi connectivity index (χ1v) is 2.69. The van der Waals surface area contributed by atoms with Gasteiger partial charge in [0.15, 0.2) is 0 Å². The van der Waals surface area contributed by atoms with Crippen molar-refractivity contribution in [1.82, 2.24) is 0 Å². The average Bonchev–Trinajstić information content (AvgIpc) is 1.69. The van der Waals surface area contributed by atoms with Crippen LogP contribution in [0.1, 0.15) is 6.92 Å². The van der Waals surface area contributed by atoms with Gasteiger partial charge in [-0.1, -0.05) is 0 Å². The highest BCUT2D eigenvalue weighted by atomic mass is 28.2. The van der Waals surface area contributed by atoms with Crippen LogP contribution in [0.4, 0.5) is 0 Å². The smallest absolute Gasteiger partial charge is 0.246 e. The van der Waals surface area contributed by atoms with E-state index in [0.717, 1.165) is 6.61 Å². The van der Waals surface area contributed by atoms with Gasteiger partial charge in [0.2, 0.25) is 10.5 Å². The van der Waals surface area contributed by atoms with Crippen molar-refractivity contribution >= 4 is 10.5 Å². The maximum atomic E-state index is 4.92. The molecule has 0 saturated heterocycles. The van der Waals surface area contributed by atoms with Gasteiger partial charge in [0.1, 0.15) is 0 Å². The molecule has 0 spiro atoms. The van der Waals surface area contributed by atoms with Gasteiger partial charge in [0, 0.05) is 6.61 Å². The van der Waals surface area contributed by atoms with Crippen LogP contribution < -0.4 is 0 Å². The fraction of sp³-hybridized carbons (Fsp3) is 1.00. The van der Waals surface area contributed by atoms with Gasteiger partial charge >= 0.3 is 0 Å². The van der Waals surface area contributed by atoms with Crippen molar-refractivity contribution in [3.05, 3.63) is 0 Å². The first-order valence-electron chi connectivity index (χ1n) is 2.28. The SMILES string of the molecule is CCOCCO[Si]. The third kappa shape index (κ3) is 6.14. The van der Waals surface area contributed by atoms with Crippen LogP contribution in [-0.2, 0) is 9.16 Å². The zero-order chi connectivity index (χ0) is 5.54. The van der Waals surface area contributed by atoms with E-state index < -0.39 is 0 Å². The van der Waals surface area contributed by atoms with Crippen LogP contribution in [0.2, 0.25) is 0 Å². The second kappa shape index (κ2) is 6.14. The van der Waals surface area contributed by atoms with Gasteiger partial charge in [0.05, 0.1) is 13.2 Å². The summed E-state index contributed by atoms with van der Waals surface area (Å²) < 4.78 is 9.44. The molecule has 0 atom stereocenters. The quantitative estimate of drug-likeness (QED) is 0.385. The zero-order valence-electron chi connectivity index (χ0n) is 4.44. The molecule has 0 aromatic rings. The normalized spacial score (nSPS) is 9.43. The summed E-state index contributed by atoms with van der Waals surface area (Å²) in [5.74, 6) is 0. The molecular formula is C4H9O2Si.